The molecule has 1 saturated heterocycles. The zero-order valence-corrected chi connectivity index (χ0v) is 20.5. The highest BCUT2D eigenvalue weighted by Crippen LogP contribution is 2.55. The standard InChI is InChI=1S/C30H37NO3/c1-21-10-9-15-24-18-26-27(28(32)30(21,24)2)25(29(33)34-26)20-31(19-23-13-7-4-8-14-23)17-16-22-11-5-3-6-12-22/h3-8,11-15,21,25-28,32H,9-10,16-20H2,1-2H3/p+1/t21-,25-,26+,27+,28-,30+/m0/s1. The summed E-state index contributed by atoms with van der Waals surface area (Å²) < 4.78 is 5.94. The highest BCUT2D eigenvalue weighted by atomic mass is 16.6. The van der Waals surface area contributed by atoms with Gasteiger partial charge in [-0.1, -0.05) is 86.2 Å². The number of esters is 1. The molecule has 180 valence electrons. The number of carbonyl (C=O) groups excluding carboxylic acids is 1. The first-order chi connectivity index (χ1) is 16.5. The van der Waals surface area contributed by atoms with Gasteiger partial charge in [0.05, 0.1) is 19.2 Å². The van der Waals surface area contributed by atoms with E-state index in [4.69, 9.17) is 4.74 Å². The molecule has 2 N–H and O–H groups in total. The lowest BCUT2D eigenvalue weighted by Gasteiger charge is -2.51. The van der Waals surface area contributed by atoms with Crippen LogP contribution in [0.5, 0.6) is 0 Å². The van der Waals surface area contributed by atoms with E-state index in [1.54, 1.807) is 0 Å². The zero-order chi connectivity index (χ0) is 23.7. The van der Waals surface area contributed by atoms with E-state index < -0.39 is 6.10 Å². The van der Waals surface area contributed by atoms with Gasteiger partial charge in [-0.3, -0.25) is 4.79 Å². The quantitative estimate of drug-likeness (QED) is 0.490. The summed E-state index contributed by atoms with van der Waals surface area (Å²) in [6, 6.07) is 21.1. The van der Waals surface area contributed by atoms with Gasteiger partial charge >= 0.3 is 5.97 Å². The first kappa shape index (κ1) is 23.3. The van der Waals surface area contributed by atoms with Gasteiger partial charge in [0.2, 0.25) is 0 Å². The molecule has 4 nitrogen and oxygen atoms in total. The van der Waals surface area contributed by atoms with Crippen LogP contribution in [0.3, 0.4) is 0 Å². The molecule has 0 radical (unpaired) electrons. The van der Waals surface area contributed by atoms with Gasteiger partial charge in [0.1, 0.15) is 18.6 Å². The Kier molecular flexibility index (Phi) is 6.63. The molecule has 0 amide bonds. The molecule has 3 aliphatic rings. The average Bonchev–Trinajstić information content (AvgIpc) is 3.15. The maximum Gasteiger partial charge on any atom is 0.315 e. The summed E-state index contributed by atoms with van der Waals surface area (Å²) in [5.74, 6) is -0.0971. The molecule has 7 atom stereocenters. The van der Waals surface area contributed by atoms with Crippen molar-refractivity contribution in [1.82, 2.24) is 0 Å². The van der Waals surface area contributed by atoms with E-state index >= 15 is 0 Å². The number of rotatable bonds is 7. The van der Waals surface area contributed by atoms with Crippen LogP contribution in [0.4, 0.5) is 0 Å². The number of nitrogens with one attached hydrogen (secondary N) is 1. The van der Waals surface area contributed by atoms with Crippen molar-refractivity contribution in [3.63, 3.8) is 0 Å². The maximum atomic E-state index is 13.2. The minimum absolute atomic E-state index is 0.116. The third kappa shape index (κ3) is 4.34. The Morgan fingerprint density at radius 1 is 1.06 bits per heavy atom. The lowest BCUT2D eigenvalue weighted by Crippen LogP contribution is -3.12. The third-order valence-electron chi connectivity index (χ3n) is 8.99. The van der Waals surface area contributed by atoms with Gasteiger partial charge in [-0.25, -0.2) is 0 Å². The fourth-order valence-corrected chi connectivity index (χ4v) is 6.72. The molecule has 0 aromatic heterocycles. The molecule has 2 aliphatic carbocycles. The molecule has 1 saturated carbocycles. The van der Waals surface area contributed by atoms with Gasteiger partial charge in [0.15, 0.2) is 0 Å². The number of benzene rings is 2. The van der Waals surface area contributed by atoms with Crippen molar-refractivity contribution in [2.45, 2.75) is 58.3 Å². The van der Waals surface area contributed by atoms with Crippen LogP contribution in [0.2, 0.25) is 0 Å². The summed E-state index contributed by atoms with van der Waals surface area (Å²) in [4.78, 5) is 14.5. The number of fused-ring (bicyclic) bond motifs is 2. The second-order valence-corrected chi connectivity index (χ2v) is 10.9. The van der Waals surface area contributed by atoms with Crippen LogP contribution in [-0.2, 0) is 22.5 Å². The van der Waals surface area contributed by atoms with Crippen LogP contribution in [-0.4, -0.2) is 36.4 Å². The first-order valence-electron chi connectivity index (χ1n) is 13.0. The molecule has 2 aromatic rings. The van der Waals surface area contributed by atoms with E-state index in [2.05, 4.69) is 68.5 Å². The molecule has 0 bridgehead atoms. The number of quaternary nitrogens is 1. The Balaban J connectivity index is 1.38. The van der Waals surface area contributed by atoms with Gasteiger partial charge < -0.3 is 14.7 Å². The largest absolute Gasteiger partial charge is 0.461 e. The highest BCUT2D eigenvalue weighted by molar-refractivity contribution is 5.76. The van der Waals surface area contributed by atoms with Crippen LogP contribution in [0.15, 0.2) is 72.3 Å². The minimum atomic E-state index is -0.545. The lowest BCUT2D eigenvalue weighted by molar-refractivity contribution is -0.916. The summed E-state index contributed by atoms with van der Waals surface area (Å²) in [5.41, 5.74) is 3.63. The fourth-order valence-electron chi connectivity index (χ4n) is 6.72. The number of hydrogen-bond donors (Lipinski definition) is 2. The van der Waals surface area contributed by atoms with E-state index in [1.165, 1.54) is 21.6 Å². The summed E-state index contributed by atoms with van der Waals surface area (Å²) in [7, 11) is 0. The number of aliphatic hydroxyl groups excluding tert-OH is 1. The molecule has 34 heavy (non-hydrogen) atoms. The topological polar surface area (TPSA) is 51.0 Å². The van der Waals surface area contributed by atoms with E-state index in [1.807, 2.05) is 12.1 Å². The monoisotopic (exact) mass is 460 g/mol. The smallest absolute Gasteiger partial charge is 0.315 e. The van der Waals surface area contributed by atoms with Gasteiger partial charge in [-0.05, 0) is 24.3 Å². The number of aliphatic hydroxyl groups is 1. The van der Waals surface area contributed by atoms with Crippen molar-refractivity contribution in [2.75, 3.05) is 13.1 Å². The van der Waals surface area contributed by atoms with Crippen LogP contribution >= 0.6 is 0 Å². The van der Waals surface area contributed by atoms with Crippen LogP contribution < -0.4 is 4.90 Å². The molecule has 1 aliphatic heterocycles. The summed E-state index contributed by atoms with van der Waals surface area (Å²) in [5, 5.41) is 11.7. The average molecular weight is 461 g/mol. The normalized spacial score (nSPS) is 33.4. The van der Waals surface area contributed by atoms with Gasteiger partial charge in [-0.2, -0.15) is 0 Å². The number of ether oxygens (including phenoxy) is 1. The predicted octanol–water partition coefficient (Wildman–Crippen LogP) is 3.60. The molecule has 1 unspecified atom stereocenters. The maximum absolute atomic E-state index is 13.2. The SMILES string of the molecule is C[C@H]1CCC=C2C[C@H]3OC(=O)[C@@H](C[NH+](CCc4ccccc4)Cc4ccccc4)[C@H]3[C@H](O)[C@@]21C. The molecular formula is C30H38NO3+. The Bertz CT molecular complexity index is 1020. The third-order valence-corrected chi connectivity index (χ3v) is 8.99. The van der Waals surface area contributed by atoms with Gasteiger partial charge in [0.25, 0.3) is 0 Å². The van der Waals surface area contributed by atoms with Gasteiger partial charge in [-0.15, -0.1) is 0 Å². The fraction of sp³-hybridized carbons (Fsp3) is 0.500. The van der Waals surface area contributed by atoms with Crippen LogP contribution in [0, 0.1) is 23.2 Å². The van der Waals surface area contributed by atoms with E-state index in [9.17, 15) is 9.90 Å². The number of carbonyl (C=O) groups is 1. The molecule has 1 heterocycles. The number of hydrogen-bond acceptors (Lipinski definition) is 3. The Hall–Kier alpha value is -2.43. The highest BCUT2D eigenvalue weighted by Gasteiger charge is 2.60. The molecular weight excluding hydrogens is 422 g/mol. The van der Waals surface area contributed by atoms with Crippen LogP contribution in [0.25, 0.3) is 0 Å². The van der Waals surface area contributed by atoms with Crippen molar-refractivity contribution >= 4 is 5.97 Å². The van der Waals surface area contributed by atoms with Gasteiger partial charge in [0, 0.05) is 29.7 Å². The predicted molar refractivity (Wildman–Crippen MR) is 133 cm³/mol. The lowest BCUT2D eigenvalue weighted by atomic mass is 9.55. The molecule has 0 spiro atoms. The van der Waals surface area contributed by atoms with Crippen molar-refractivity contribution in [3.05, 3.63) is 83.4 Å². The second-order valence-electron chi connectivity index (χ2n) is 10.9. The van der Waals surface area contributed by atoms with E-state index in [0.717, 1.165) is 38.8 Å². The Morgan fingerprint density at radius 3 is 2.44 bits per heavy atom. The molecule has 2 aromatic carbocycles. The van der Waals surface area contributed by atoms with Crippen molar-refractivity contribution in [1.29, 1.82) is 0 Å². The van der Waals surface area contributed by atoms with Crippen molar-refractivity contribution < 1.29 is 19.5 Å². The Morgan fingerprint density at radius 2 is 1.74 bits per heavy atom. The second kappa shape index (κ2) is 9.67. The molecule has 2 fully saturated rings. The van der Waals surface area contributed by atoms with Crippen molar-refractivity contribution in [3.8, 4) is 0 Å². The number of allylic oxidation sites excluding steroid dienone is 1. The van der Waals surface area contributed by atoms with E-state index in [-0.39, 0.29) is 29.3 Å². The zero-order valence-electron chi connectivity index (χ0n) is 20.5. The van der Waals surface area contributed by atoms with Crippen molar-refractivity contribution in [2.24, 2.45) is 23.2 Å². The molecule has 4 heteroatoms. The first-order valence-corrected chi connectivity index (χ1v) is 13.0. The molecule has 5 rings (SSSR count). The minimum Gasteiger partial charge on any atom is -0.461 e. The van der Waals surface area contributed by atoms with E-state index in [0.29, 0.717) is 12.5 Å². The summed E-state index contributed by atoms with van der Waals surface area (Å²) in [6.45, 7) is 6.98. The summed E-state index contributed by atoms with van der Waals surface area (Å²) >= 11 is 0. The Labute approximate surface area is 203 Å². The van der Waals surface area contributed by atoms with Crippen LogP contribution in [0.1, 0.15) is 44.2 Å². The summed E-state index contributed by atoms with van der Waals surface area (Å²) in [6.07, 6.45) is 5.46.